The van der Waals surface area contributed by atoms with Crippen LogP contribution >= 0.6 is 15.9 Å². The average Bonchev–Trinajstić information content (AvgIpc) is 3.34. The van der Waals surface area contributed by atoms with Crippen molar-refractivity contribution in [2.75, 3.05) is 51.3 Å². The molecule has 3 aliphatic heterocycles. The van der Waals surface area contributed by atoms with E-state index in [-0.39, 0.29) is 5.91 Å². The maximum Gasteiger partial charge on any atom is 0.273 e. The zero-order valence-electron chi connectivity index (χ0n) is 16.9. The predicted octanol–water partition coefficient (Wildman–Crippen LogP) is 2.55. The molecule has 5 rings (SSSR count). The molecule has 1 amide bonds. The largest absolute Gasteiger partial charge is 0.493 e. The van der Waals surface area contributed by atoms with E-state index in [1.54, 1.807) is 4.90 Å². The number of piperazine rings is 1. The minimum atomic E-state index is 0.0351. The summed E-state index contributed by atoms with van der Waals surface area (Å²) in [6.45, 7) is 8.22. The molecular weight excluding hydrogens is 434 g/mol. The maximum absolute atomic E-state index is 12.5. The fourth-order valence-electron chi connectivity index (χ4n) is 4.50. The van der Waals surface area contributed by atoms with Gasteiger partial charge in [-0.3, -0.25) is 14.4 Å². The van der Waals surface area contributed by atoms with Gasteiger partial charge in [0.15, 0.2) is 5.82 Å². The number of hydrogen-bond donors (Lipinski definition) is 0. The highest BCUT2D eigenvalue weighted by molar-refractivity contribution is 9.10. The quantitative estimate of drug-likeness (QED) is 0.705. The second-order valence-corrected chi connectivity index (χ2v) is 8.89. The number of fused-ring (bicyclic) bond motifs is 2. The first-order valence-electron chi connectivity index (χ1n) is 10.3. The van der Waals surface area contributed by atoms with Crippen LogP contribution in [0.25, 0.3) is 0 Å². The number of nitrogens with zero attached hydrogens (tertiary/aromatic N) is 5. The molecule has 0 saturated carbocycles. The lowest BCUT2D eigenvalue weighted by Gasteiger charge is -2.38. The van der Waals surface area contributed by atoms with Crippen molar-refractivity contribution >= 4 is 27.7 Å². The van der Waals surface area contributed by atoms with E-state index >= 15 is 0 Å². The number of rotatable bonds is 3. The van der Waals surface area contributed by atoms with E-state index in [0.29, 0.717) is 18.3 Å². The van der Waals surface area contributed by atoms with Crippen molar-refractivity contribution in [1.29, 1.82) is 0 Å². The van der Waals surface area contributed by atoms with Gasteiger partial charge in [0.2, 0.25) is 0 Å². The van der Waals surface area contributed by atoms with Crippen LogP contribution in [0.15, 0.2) is 22.7 Å². The van der Waals surface area contributed by atoms with E-state index in [2.05, 4.69) is 50.9 Å². The van der Waals surface area contributed by atoms with Crippen LogP contribution in [0, 0.1) is 0 Å². The van der Waals surface area contributed by atoms with Crippen LogP contribution in [0.2, 0.25) is 0 Å². The highest BCUT2D eigenvalue weighted by Crippen LogP contribution is 2.34. The summed E-state index contributed by atoms with van der Waals surface area (Å²) in [7, 11) is 1.84. The van der Waals surface area contributed by atoms with Crippen LogP contribution < -0.4 is 9.64 Å². The second-order valence-electron chi connectivity index (χ2n) is 8.10. The fourth-order valence-corrected chi connectivity index (χ4v) is 5.20. The third-order valence-electron chi connectivity index (χ3n) is 6.44. The number of anilines is 1. The molecule has 154 valence electrons. The Morgan fingerprint density at radius 3 is 2.72 bits per heavy atom. The Kier molecular flexibility index (Phi) is 4.78. The topological polar surface area (TPSA) is 53.8 Å². The van der Waals surface area contributed by atoms with Gasteiger partial charge in [-0.25, -0.2) is 0 Å². The monoisotopic (exact) mass is 459 g/mol. The van der Waals surface area contributed by atoms with Gasteiger partial charge >= 0.3 is 0 Å². The van der Waals surface area contributed by atoms with Crippen LogP contribution in [0.5, 0.6) is 5.75 Å². The number of likely N-dealkylation sites (N-methyl/N-ethyl adjacent to an activating group) is 1. The van der Waals surface area contributed by atoms with Crippen molar-refractivity contribution in [3.63, 3.8) is 0 Å². The van der Waals surface area contributed by atoms with Gasteiger partial charge in [-0.15, -0.1) is 0 Å². The summed E-state index contributed by atoms with van der Waals surface area (Å²) in [5, 5.41) is 4.74. The van der Waals surface area contributed by atoms with Crippen molar-refractivity contribution in [3.05, 3.63) is 39.5 Å². The lowest BCUT2D eigenvalue weighted by molar-refractivity contribution is 0.0741. The molecule has 1 fully saturated rings. The lowest BCUT2D eigenvalue weighted by Crippen LogP contribution is -2.47. The molecule has 3 aliphatic rings. The van der Waals surface area contributed by atoms with E-state index in [0.717, 1.165) is 61.8 Å². The van der Waals surface area contributed by atoms with Crippen LogP contribution in [0.3, 0.4) is 0 Å². The van der Waals surface area contributed by atoms with Crippen molar-refractivity contribution in [2.24, 2.45) is 0 Å². The molecule has 0 aliphatic carbocycles. The number of aromatic nitrogens is 2. The molecule has 1 unspecified atom stereocenters. The first kappa shape index (κ1) is 18.9. The standard InChI is InChI=1S/C21H26BrN5O2/c1-14(16-4-3-15-5-12-29-17(15)13-16)25-7-9-26(10-8-25)20-18(22)19-21(28)24(2)6-11-27(19)23-20/h3-4,13-14H,5-12H2,1-2H3. The third kappa shape index (κ3) is 3.22. The number of halogens is 1. The Bertz CT molecular complexity index is 951. The maximum atomic E-state index is 12.5. The molecule has 1 aromatic carbocycles. The summed E-state index contributed by atoms with van der Waals surface area (Å²) in [4.78, 5) is 19.1. The van der Waals surface area contributed by atoms with E-state index in [4.69, 9.17) is 9.84 Å². The molecule has 1 atom stereocenters. The Balaban J connectivity index is 1.29. The number of amides is 1. The van der Waals surface area contributed by atoms with E-state index in [1.165, 1.54) is 11.1 Å². The van der Waals surface area contributed by atoms with Gasteiger partial charge in [0.05, 0.1) is 17.6 Å². The fraction of sp³-hybridized carbons (Fsp3) is 0.524. The predicted molar refractivity (Wildman–Crippen MR) is 115 cm³/mol. The number of hydrogen-bond acceptors (Lipinski definition) is 5. The molecule has 8 heteroatoms. The van der Waals surface area contributed by atoms with Crippen molar-refractivity contribution in [2.45, 2.75) is 25.9 Å². The van der Waals surface area contributed by atoms with Gasteiger partial charge in [-0.2, -0.15) is 5.10 Å². The van der Waals surface area contributed by atoms with Gasteiger partial charge in [-0.1, -0.05) is 12.1 Å². The molecule has 7 nitrogen and oxygen atoms in total. The first-order chi connectivity index (χ1) is 14.0. The molecule has 29 heavy (non-hydrogen) atoms. The highest BCUT2D eigenvalue weighted by atomic mass is 79.9. The molecular formula is C21H26BrN5O2. The van der Waals surface area contributed by atoms with Crippen molar-refractivity contribution in [1.82, 2.24) is 19.6 Å². The molecule has 1 saturated heterocycles. The smallest absolute Gasteiger partial charge is 0.273 e. The van der Waals surface area contributed by atoms with E-state index < -0.39 is 0 Å². The Morgan fingerprint density at radius 1 is 1.14 bits per heavy atom. The summed E-state index contributed by atoms with van der Waals surface area (Å²) in [5.41, 5.74) is 3.30. The summed E-state index contributed by atoms with van der Waals surface area (Å²) < 4.78 is 8.42. The highest BCUT2D eigenvalue weighted by Gasteiger charge is 2.32. The Hall–Kier alpha value is -2.06. The van der Waals surface area contributed by atoms with Crippen molar-refractivity contribution < 1.29 is 9.53 Å². The number of ether oxygens (including phenoxy) is 1. The van der Waals surface area contributed by atoms with Crippen LogP contribution in [0.4, 0.5) is 5.82 Å². The summed E-state index contributed by atoms with van der Waals surface area (Å²) in [6, 6.07) is 7.01. The van der Waals surface area contributed by atoms with E-state index in [9.17, 15) is 4.79 Å². The third-order valence-corrected chi connectivity index (χ3v) is 7.17. The number of benzene rings is 1. The van der Waals surface area contributed by atoms with Crippen molar-refractivity contribution in [3.8, 4) is 5.75 Å². The van der Waals surface area contributed by atoms with Gasteiger partial charge in [0, 0.05) is 52.2 Å². The second kappa shape index (κ2) is 7.32. The summed E-state index contributed by atoms with van der Waals surface area (Å²) >= 11 is 3.65. The van der Waals surface area contributed by atoms with Gasteiger partial charge in [0.25, 0.3) is 5.91 Å². The molecule has 0 spiro atoms. The molecule has 2 aromatic rings. The molecule has 0 radical (unpaired) electrons. The van der Waals surface area contributed by atoms with E-state index in [1.807, 2.05) is 11.7 Å². The SMILES string of the molecule is CC(c1ccc2c(c1)OCC2)N1CCN(c2nn3c(c2Br)C(=O)N(C)CC3)CC1. The van der Waals surface area contributed by atoms with Crippen LogP contribution in [-0.2, 0) is 13.0 Å². The van der Waals surface area contributed by atoms with Gasteiger partial charge < -0.3 is 14.5 Å². The average molecular weight is 460 g/mol. The summed E-state index contributed by atoms with van der Waals surface area (Å²) in [6.07, 6.45) is 1.02. The number of carbonyl (C=O) groups is 1. The minimum Gasteiger partial charge on any atom is -0.493 e. The Labute approximate surface area is 179 Å². The normalized spacial score (nSPS) is 20.4. The molecule has 4 heterocycles. The molecule has 0 bridgehead atoms. The molecule has 0 N–H and O–H groups in total. The van der Waals surface area contributed by atoms with Crippen LogP contribution in [-0.4, -0.2) is 71.9 Å². The number of carbonyl (C=O) groups excluding carboxylic acids is 1. The summed E-state index contributed by atoms with van der Waals surface area (Å²) in [5.74, 6) is 1.98. The van der Waals surface area contributed by atoms with Crippen LogP contribution in [0.1, 0.15) is 34.6 Å². The molecule has 1 aromatic heterocycles. The minimum absolute atomic E-state index is 0.0351. The Morgan fingerprint density at radius 2 is 1.93 bits per heavy atom. The zero-order valence-corrected chi connectivity index (χ0v) is 18.5. The zero-order chi connectivity index (χ0) is 20.1. The van der Waals surface area contributed by atoms with Gasteiger partial charge in [-0.05, 0) is 40.0 Å². The lowest BCUT2D eigenvalue weighted by atomic mass is 10.0. The van der Waals surface area contributed by atoms with Gasteiger partial charge in [0.1, 0.15) is 11.4 Å². The first-order valence-corrected chi connectivity index (χ1v) is 11.1.